The predicted molar refractivity (Wildman–Crippen MR) is 82.6 cm³/mol. The number of aromatic nitrogens is 3. The maximum atomic E-state index is 10.3. The van der Waals surface area contributed by atoms with E-state index in [9.17, 15) is 5.11 Å². The predicted octanol–water partition coefficient (Wildman–Crippen LogP) is 2.77. The quantitative estimate of drug-likeness (QED) is 0.881. The number of pyridine rings is 1. The lowest BCUT2D eigenvalue weighted by Gasteiger charge is -2.12. The van der Waals surface area contributed by atoms with Gasteiger partial charge < -0.3 is 5.11 Å². The number of nitrogens with zero attached hydrogens (tertiary/aromatic N) is 3. The fourth-order valence-electron chi connectivity index (χ4n) is 2.27. The van der Waals surface area contributed by atoms with Gasteiger partial charge in [-0.25, -0.2) is 0 Å². The Balaban J connectivity index is 2.11. The zero-order chi connectivity index (χ0) is 14.5. The van der Waals surface area contributed by atoms with Crippen molar-refractivity contribution in [2.24, 2.45) is 0 Å². The van der Waals surface area contributed by atoms with Gasteiger partial charge in [0, 0.05) is 31.3 Å². The Morgan fingerprint density at radius 3 is 2.70 bits per heavy atom. The second-order valence-corrected chi connectivity index (χ2v) is 5.55. The molecule has 0 spiro atoms. The van der Waals surface area contributed by atoms with E-state index >= 15 is 0 Å². The Hall–Kier alpha value is -1.20. The molecule has 2 aromatic rings. The van der Waals surface area contributed by atoms with Crippen molar-refractivity contribution in [1.82, 2.24) is 14.8 Å². The summed E-state index contributed by atoms with van der Waals surface area (Å²) >= 11 is 3.61. The van der Waals surface area contributed by atoms with E-state index in [0.717, 1.165) is 34.5 Å². The summed E-state index contributed by atoms with van der Waals surface area (Å²) in [7, 11) is 0. The van der Waals surface area contributed by atoms with Crippen LogP contribution >= 0.6 is 15.9 Å². The van der Waals surface area contributed by atoms with Crippen LogP contribution in [0.25, 0.3) is 0 Å². The van der Waals surface area contributed by atoms with Gasteiger partial charge in [0.1, 0.15) is 0 Å². The van der Waals surface area contributed by atoms with Gasteiger partial charge in [-0.2, -0.15) is 5.10 Å². The summed E-state index contributed by atoms with van der Waals surface area (Å²) in [4.78, 5) is 4.25. The summed E-state index contributed by atoms with van der Waals surface area (Å²) in [6.45, 7) is 4.96. The van der Waals surface area contributed by atoms with Crippen molar-refractivity contribution in [3.8, 4) is 0 Å². The molecule has 20 heavy (non-hydrogen) atoms. The Morgan fingerprint density at radius 1 is 1.30 bits per heavy atom. The lowest BCUT2D eigenvalue weighted by atomic mass is 10.1. The summed E-state index contributed by atoms with van der Waals surface area (Å²) in [5.41, 5.74) is 3.02. The molecule has 0 aliphatic heterocycles. The van der Waals surface area contributed by atoms with Crippen molar-refractivity contribution in [2.45, 2.75) is 45.8 Å². The number of rotatable bonds is 6. The van der Waals surface area contributed by atoms with Gasteiger partial charge in [-0.15, -0.1) is 0 Å². The number of aryl methyl sites for hydroxylation is 2. The first-order valence-electron chi connectivity index (χ1n) is 6.97. The molecule has 0 aromatic carbocycles. The third-order valence-corrected chi connectivity index (χ3v) is 4.21. The molecule has 0 saturated carbocycles. The highest BCUT2D eigenvalue weighted by Crippen LogP contribution is 2.24. The number of hydrogen-bond donors (Lipinski definition) is 1. The summed E-state index contributed by atoms with van der Waals surface area (Å²) in [6, 6.07) is 5.76. The lowest BCUT2D eigenvalue weighted by Crippen LogP contribution is -2.17. The minimum Gasteiger partial charge on any atom is -0.392 e. The number of hydrogen-bond acceptors (Lipinski definition) is 3. The maximum Gasteiger partial charge on any atom is 0.0766 e. The molecule has 0 fully saturated rings. The Bertz CT molecular complexity index is 554. The molecule has 0 radical (unpaired) electrons. The Labute approximate surface area is 128 Å². The van der Waals surface area contributed by atoms with Crippen LogP contribution < -0.4 is 0 Å². The maximum absolute atomic E-state index is 10.3. The summed E-state index contributed by atoms with van der Waals surface area (Å²) in [6.07, 6.45) is 3.33. The van der Waals surface area contributed by atoms with Crippen LogP contribution in [0.3, 0.4) is 0 Å². The van der Waals surface area contributed by atoms with Gasteiger partial charge in [-0.3, -0.25) is 9.67 Å². The van der Waals surface area contributed by atoms with Crippen molar-refractivity contribution in [3.63, 3.8) is 0 Å². The first kappa shape index (κ1) is 15.2. The molecule has 4 nitrogen and oxygen atoms in total. The first-order chi connectivity index (χ1) is 9.65. The molecule has 0 saturated heterocycles. The van der Waals surface area contributed by atoms with E-state index in [4.69, 9.17) is 0 Å². The molecule has 1 unspecified atom stereocenters. The van der Waals surface area contributed by atoms with Crippen LogP contribution in [0.4, 0.5) is 0 Å². The second kappa shape index (κ2) is 6.99. The van der Waals surface area contributed by atoms with Crippen molar-refractivity contribution in [3.05, 3.63) is 46.0 Å². The number of aliphatic hydroxyl groups excluding tert-OH is 1. The van der Waals surface area contributed by atoms with E-state index < -0.39 is 6.10 Å². The summed E-state index contributed by atoms with van der Waals surface area (Å²) in [5, 5.41) is 14.8. The summed E-state index contributed by atoms with van der Waals surface area (Å²) < 4.78 is 2.99. The van der Waals surface area contributed by atoms with Crippen molar-refractivity contribution in [2.75, 3.05) is 0 Å². The van der Waals surface area contributed by atoms with Crippen molar-refractivity contribution >= 4 is 15.9 Å². The molecule has 0 amide bonds. The van der Waals surface area contributed by atoms with E-state index in [1.54, 1.807) is 6.20 Å². The molecule has 0 aliphatic rings. The van der Waals surface area contributed by atoms with Gasteiger partial charge in [-0.05, 0) is 41.4 Å². The van der Waals surface area contributed by atoms with E-state index in [1.807, 2.05) is 22.9 Å². The van der Waals surface area contributed by atoms with E-state index in [1.165, 1.54) is 0 Å². The van der Waals surface area contributed by atoms with Crippen LogP contribution in [0.15, 0.2) is 28.9 Å². The largest absolute Gasteiger partial charge is 0.392 e. The van der Waals surface area contributed by atoms with Crippen LogP contribution in [-0.2, 0) is 25.8 Å². The van der Waals surface area contributed by atoms with Crippen molar-refractivity contribution < 1.29 is 5.11 Å². The molecule has 0 bridgehead atoms. The summed E-state index contributed by atoms with van der Waals surface area (Å²) in [5.74, 6) is 0. The monoisotopic (exact) mass is 337 g/mol. The molecule has 1 atom stereocenters. The van der Waals surface area contributed by atoms with Gasteiger partial charge in [-0.1, -0.05) is 13.0 Å². The van der Waals surface area contributed by atoms with Crippen LogP contribution in [0.1, 0.15) is 30.9 Å². The average molecular weight is 338 g/mol. The van der Waals surface area contributed by atoms with E-state index in [-0.39, 0.29) is 0 Å². The highest BCUT2D eigenvalue weighted by Gasteiger charge is 2.17. The first-order valence-corrected chi connectivity index (χ1v) is 7.77. The smallest absolute Gasteiger partial charge is 0.0766 e. The fourth-order valence-corrected chi connectivity index (χ4v) is 2.99. The van der Waals surface area contributed by atoms with Gasteiger partial charge in [0.05, 0.1) is 22.0 Å². The number of aliphatic hydroxyl groups is 1. The van der Waals surface area contributed by atoms with Crippen LogP contribution in [0.5, 0.6) is 0 Å². The molecular formula is C15H20BrN3O. The van der Waals surface area contributed by atoms with Gasteiger partial charge in [0.15, 0.2) is 0 Å². The van der Waals surface area contributed by atoms with Crippen LogP contribution in [0, 0.1) is 0 Å². The molecular weight excluding hydrogens is 318 g/mol. The minimum absolute atomic E-state index is 0.451. The third kappa shape index (κ3) is 3.46. The Kier molecular flexibility index (Phi) is 5.31. The zero-order valence-corrected chi connectivity index (χ0v) is 13.5. The second-order valence-electron chi connectivity index (χ2n) is 4.76. The normalized spacial score (nSPS) is 12.6. The van der Waals surface area contributed by atoms with Gasteiger partial charge >= 0.3 is 0 Å². The van der Waals surface area contributed by atoms with Crippen LogP contribution in [-0.4, -0.2) is 26.0 Å². The fraction of sp³-hybridized carbons (Fsp3) is 0.467. The SMILES string of the molecule is CCc1nn(CC)c(CC(O)Cc2ccccn2)c1Br. The van der Waals surface area contributed by atoms with E-state index in [2.05, 4.69) is 39.9 Å². The average Bonchev–Trinajstić information content (AvgIpc) is 2.76. The molecule has 108 valence electrons. The van der Waals surface area contributed by atoms with Crippen LogP contribution in [0.2, 0.25) is 0 Å². The molecule has 5 heteroatoms. The highest BCUT2D eigenvalue weighted by molar-refractivity contribution is 9.10. The van der Waals surface area contributed by atoms with Gasteiger partial charge in [0.2, 0.25) is 0 Å². The third-order valence-electron chi connectivity index (χ3n) is 3.29. The Morgan fingerprint density at radius 2 is 2.10 bits per heavy atom. The molecule has 2 heterocycles. The standard InChI is InChI=1S/C15H20BrN3O/c1-3-13-15(16)14(19(4-2)18-13)10-12(20)9-11-7-5-6-8-17-11/h5-8,12,20H,3-4,9-10H2,1-2H3. The van der Waals surface area contributed by atoms with Gasteiger partial charge in [0.25, 0.3) is 0 Å². The molecule has 2 aromatic heterocycles. The molecule has 1 N–H and O–H groups in total. The zero-order valence-electron chi connectivity index (χ0n) is 11.9. The molecule has 0 aliphatic carbocycles. The highest BCUT2D eigenvalue weighted by atomic mass is 79.9. The lowest BCUT2D eigenvalue weighted by molar-refractivity contribution is 0.171. The number of halogens is 1. The minimum atomic E-state index is -0.451. The topological polar surface area (TPSA) is 50.9 Å². The van der Waals surface area contributed by atoms with E-state index in [0.29, 0.717) is 12.8 Å². The van der Waals surface area contributed by atoms with Crippen molar-refractivity contribution in [1.29, 1.82) is 0 Å². The molecule has 2 rings (SSSR count).